The fourth-order valence-electron chi connectivity index (χ4n) is 4.23. The van der Waals surface area contributed by atoms with Crippen LogP contribution in [0.1, 0.15) is 39.9 Å². The van der Waals surface area contributed by atoms with Crippen LogP contribution in [0.2, 0.25) is 0 Å². The molecule has 4 rings (SSSR count). The summed E-state index contributed by atoms with van der Waals surface area (Å²) < 4.78 is 30.3. The number of nitrogens with zero attached hydrogens (tertiary/aromatic N) is 5. The molecule has 1 fully saturated rings. The van der Waals surface area contributed by atoms with Crippen molar-refractivity contribution >= 4 is 23.4 Å². The van der Waals surface area contributed by atoms with Gasteiger partial charge in [0, 0.05) is 37.1 Å². The van der Waals surface area contributed by atoms with Gasteiger partial charge in [0.15, 0.2) is 11.6 Å². The zero-order chi connectivity index (χ0) is 26.0. The Balaban J connectivity index is 1.57. The third-order valence-corrected chi connectivity index (χ3v) is 6.14. The van der Waals surface area contributed by atoms with Crippen LogP contribution in [0.15, 0.2) is 35.3 Å². The molecule has 3 heterocycles. The van der Waals surface area contributed by atoms with E-state index in [9.17, 15) is 13.6 Å². The van der Waals surface area contributed by atoms with Crippen LogP contribution in [-0.2, 0) is 6.42 Å². The maximum absolute atomic E-state index is 14.6. The smallest absolute Gasteiger partial charge is 0.164 e. The molecule has 0 radical (unpaired) electrons. The topological polar surface area (TPSA) is 75.4 Å². The molecule has 0 aliphatic carbocycles. The maximum atomic E-state index is 14.6. The van der Waals surface area contributed by atoms with Gasteiger partial charge in [0.2, 0.25) is 0 Å². The zero-order valence-corrected chi connectivity index (χ0v) is 20.7. The van der Waals surface area contributed by atoms with E-state index in [1.165, 1.54) is 13.0 Å². The highest BCUT2D eigenvalue weighted by Crippen LogP contribution is 2.28. The van der Waals surface area contributed by atoms with Crippen LogP contribution in [0.3, 0.4) is 0 Å². The summed E-state index contributed by atoms with van der Waals surface area (Å²) in [4.78, 5) is 23.2. The summed E-state index contributed by atoms with van der Waals surface area (Å²) >= 11 is 0. The average Bonchev–Trinajstić information content (AvgIpc) is 3.36. The monoisotopic (exact) mass is 490 g/mol. The third kappa shape index (κ3) is 5.34. The molecule has 2 aromatic heterocycles. The minimum atomic E-state index is -1.07. The molecule has 2 unspecified atom stereocenters. The van der Waals surface area contributed by atoms with Crippen molar-refractivity contribution in [3.63, 3.8) is 0 Å². The van der Waals surface area contributed by atoms with Gasteiger partial charge < -0.3 is 10.2 Å². The van der Waals surface area contributed by atoms with E-state index in [2.05, 4.69) is 26.3 Å². The molecule has 186 valence electrons. The average molecular weight is 491 g/mol. The van der Waals surface area contributed by atoms with Crippen molar-refractivity contribution in [1.82, 2.24) is 19.7 Å². The molecule has 1 N–H and O–H groups in total. The zero-order valence-electron chi connectivity index (χ0n) is 20.7. The van der Waals surface area contributed by atoms with Gasteiger partial charge in [-0.3, -0.25) is 9.79 Å². The second-order valence-electron chi connectivity index (χ2n) is 9.08. The summed E-state index contributed by atoms with van der Waals surface area (Å²) in [7, 11) is 1.83. The first-order chi connectivity index (χ1) is 17.2. The summed E-state index contributed by atoms with van der Waals surface area (Å²) in [5.74, 6) is 2.31. The first-order valence-electron chi connectivity index (χ1n) is 11.6. The van der Waals surface area contributed by atoms with Gasteiger partial charge in [-0.05, 0) is 69.6 Å². The highest BCUT2D eigenvalue weighted by molar-refractivity contribution is 5.97. The minimum absolute atomic E-state index is 0.138. The molecule has 36 heavy (non-hydrogen) atoms. The van der Waals surface area contributed by atoms with Gasteiger partial charge in [0.25, 0.3) is 0 Å². The number of anilines is 1. The molecule has 0 amide bonds. The summed E-state index contributed by atoms with van der Waals surface area (Å²) in [6.45, 7) is 5.89. The van der Waals surface area contributed by atoms with Crippen molar-refractivity contribution in [3.8, 4) is 18.2 Å². The van der Waals surface area contributed by atoms with Gasteiger partial charge in [0.1, 0.15) is 17.7 Å². The van der Waals surface area contributed by atoms with Crippen molar-refractivity contribution < 1.29 is 13.6 Å². The normalized spacial score (nSPS) is 18.0. The number of Topliss-reactive ketones (excluding diaryl/α,β-unsaturated/α-hetero) is 1. The number of ketones is 1. The van der Waals surface area contributed by atoms with Gasteiger partial charge in [-0.25, -0.2) is 18.4 Å². The van der Waals surface area contributed by atoms with E-state index in [4.69, 9.17) is 6.42 Å². The Bertz CT molecular complexity index is 1370. The molecular weight excluding hydrogens is 462 g/mol. The number of aliphatic imine (C=N–C) groups is 1. The fraction of sp³-hybridized carbons (Fsp3) is 0.333. The van der Waals surface area contributed by atoms with Crippen LogP contribution in [0.5, 0.6) is 0 Å². The Labute approximate surface area is 209 Å². The number of hydrogen-bond donors (Lipinski definition) is 1. The standard InChI is InChI=1S/C27H28F2N6O/c1-6-19-12-17(3)35(33-19)27-21(18(4)36)8-7-20(31-27)9-10-30-24-13-25(22(28)11-16(24)2)32-26-15-34(5)14-23(26)29/h1,7-8,10-13,23,26,32H,9,14-15H2,2-5H3. The largest absolute Gasteiger partial charge is 0.376 e. The predicted molar refractivity (Wildman–Crippen MR) is 137 cm³/mol. The number of nitrogens with one attached hydrogen (secondary N) is 1. The first-order valence-corrected chi connectivity index (χ1v) is 11.6. The van der Waals surface area contributed by atoms with Gasteiger partial charge >= 0.3 is 0 Å². The first kappa shape index (κ1) is 25.2. The number of halogens is 2. The van der Waals surface area contributed by atoms with E-state index < -0.39 is 18.0 Å². The van der Waals surface area contributed by atoms with Crippen molar-refractivity contribution in [2.45, 2.75) is 39.4 Å². The van der Waals surface area contributed by atoms with Gasteiger partial charge in [-0.1, -0.05) is 0 Å². The number of benzene rings is 1. The number of pyridine rings is 1. The Kier molecular flexibility index (Phi) is 7.27. The second-order valence-corrected chi connectivity index (χ2v) is 9.08. The van der Waals surface area contributed by atoms with E-state index in [0.29, 0.717) is 53.5 Å². The van der Waals surface area contributed by atoms with Crippen LogP contribution in [-0.4, -0.2) is 64.0 Å². The van der Waals surface area contributed by atoms with Crippen molar-refractivity contribution in [2.24, 2.45) is 4.99 Å². The molecule has 1 saturated heterocycles. The molecule has 9 heteroatoms. The fourth-order valence-corrected chi connectivity index (χ4v) is 4.23. The molecule has 0 spiro atoms. The van der Waals surface area contributed by atoms with Gasteiger partial charge in [-0.15, -0.1) is 6.42 Å². The van der Waals surface area contributed by atoms with Crippen molar-refractivity contribution in [3.05, 3.63) is 64.4 Å². The van der Waals surface area contributed by atoms with Gasteiger partial charge in [0.05, 0.1) is 23.0 Å². The molecule has 2 atom stereocenters. The molecule has 1 aromatic carbocycles. The van der Waals surface area contributed by atoms with Crippen LogP contribution in [0.25, 0.3) is 5.82 Å². The number of terminal acetylenes is 1. The number of likely N-dealkylation sites (tertiary alicyclic amines) is 1. The Hall–Kier alpha value is -3.90. The lowest BCUT2D eigenvalue weighted by Gasteiger charge is -2.17. The van der Waals surface area contributed by atoms with E-state index in [-0.39, 0.29) is 11.5 Å². The number of carbonyl (C=O) groups excluding carboxylic acids is 1. The number of aromatic nitrogens is 3. The van der Waals surface area contributed by atoms with Crippen LogP contribution >= 0.6 is 0 Å². The lowest BCUT2D eigenvalue weighted by molar-refractivity contribution is 0.101. The second kappa shape index (κ2) is 10.4. The van der Waals surface area contributed by atoms with E-state index in [1.807, 2.05) is 18.9 Å². The molecule has 1 aliphatic rings. The molecule has 1 aliphatic heterocycles. The van der Waals surface area contributed by atoms with E-state index >= 15 is 0 Å². The highest BCUT2D eigenvalue weighted by atomic mass is 19.1. The van der Waals surface area contributed by atoms with Crippen LogP contribution < -0.4 is 5.32 Å². The van der Waals surface area contributed by atoms with Crippen LogP contribution in [0.4, 0.5) is 20.2 Å². The maximum Gasteiger partial charge on any atom is 0.164 e. The van der Waals surface area contributed by atoms with Crippen molar-refractivity contribution in [1.29, 1.82) is 0 Å². The van der Waals surface area contributed by atoms with Crippen LogP contribution in [0, 0.1) is 32.0 Å². The lowest BCUT2D eigenvalue weighted by Crippen LogP contribution is -2.29. The molecule has 0 saturated carbocycles. The van der Waals surface area contributed by atoms with E-state index in [0.717, 1.165) is 5.69 Å². The summed E-state index contributed by atoms with van der Waals surface area (Å²) in [6.07, 6.45) is 6.44. The number of carbonyl (C=O) groups is 1. The Morgan fingerprint density at radius 1 is 1.31 bits per heavy atom. The van der Waals surface area contributed by atoms with E-state index in [1.54, 1.807) is 42.1 Å². The summed E-state index contributed by atoms with van der Waals surface area (Å²) in [6, 6.07) is 7.72. The number of hydrogen-bond acceptors (Lipinski definition) is 6. The third-order valence-electron chi connectivity index (χ3n) is 6.14. The minimum Gasteiger partial charge on any atom is -0.376 e. The SMILES string of the molecule is C#Cc1cc(C)n(-c2nc(CC=Nc3cc(NC4CN(C)CC4F)c(F)cc3C)ccc2C(C)=O)n1. The predicted octanol–water partition coefficient (Wildman–Crippen LogP) is 4.22. The summed E-state index contributed by atoms with van der Waals surface area (Å²) in [5.41, 5.74) is 3.76. The number of alkyl halides is 1. The number of likely N-dealkylation sites (N-methyl/N-ethyl adjacent to an activating group) is 1. The lowest BCUT2D eigenvalue weighted by atomic mass is 10.1. The van der Waals surface area contributed by atoms with Crippen molar-refractivity contribution in [2.75, 3.05) is 25.5 Å². The molecule has 0 bridgehead atoms. The van der Waals surface area contributed by atoms with Gasteiger partial charge in [-0.2, -0.15) is 5.10 Å². The molecule has 7 nitrogen and oxygen atoms in total. The highest BCUT2D eigenvalue weighted by Gasteiger charge is 2.31. The quantitative estimate of drug-likeness (QED) is 0.305. The molecular formula is C27H28F2N6O. The Morgan fingerprint density at radius 3 is 2.72 bits per heavy atom. The molecule has 3 aromatic rings. The number of aryl methyl sites for hydroxylation is 2. The summed E-state index contributed by atoms with van der Waals surface area (Å²) in [5, 5.41) is 7.34. The Morgan fingerprint density at radius 2 is 2.08 bits per heavy atom. The number of rotatable bonds is 7.